The lowest BCUT2D eigenvalue weighted by Gasteiger charge is -2.32. The number of hydrogen-bond donors (Lipinski definition) is 1. The number of H-pyrrole nitrogens is 1. The highest BCUT2D eigenvalue weighted by Gasteiger charge is 2.13. The van der Waals surface area contributed by atoms with Gasteiger partial charge >= 0.3 is 0 Å². The summed E-state index contributed by atoms with van der Waals surface area (Å²) in [5.41, 5.74) is 2.35. The van der Waals surface area contributed by atoms with Crippen molar-refractivity contribution in [3.8, 4) is 11.4 Å². The second kappa shape index (κ2) is 7.95. The van der Waals surface area contributed by atoms with Gasteiger partial charge in [0.05, 0.1) is 0 Å². The van der Waals surface area contributed by atoms with Gasteiger partial charge in [-0.3, -0.25) is 5.10 Å². The van der Waals surface area contributed by atoms with E-state index in [9.17, 15) is 0 Å². The molecule has 3 rings (SSSR count). The van der Waals surface area contributed by atoms with Crippen LogP contribution in [0, 0.1) is 6.92 Å². The van der Waals surface area contributed by atoms with E-state index in [2.05, 4.69) is 63.2 Å². The average Bonchev–Trinajstić information content (AvgIpc) is 3.03. The highest BCUT2D eigenvalue weighted by molar-refractivity contribution is 7.99. The van der Waals surface area contributed by atoms with E-state index in [0.29, 0.717) is 0 Å². The first-order valence-corrected chi connectivity index (χ1v) is 9.22. The summed E-state index contributed by atoms with van der Waals surface area (Å²) in [6, 6.07) is 8.36. The zero-order chi connectivity index (χ0) is 16.1. The molecule has 0 bridgehead atoms. The molecule has 1 aromatic carbocycles. The maximum atomic E-state index is 4.58. The van der Waals surface area contributed by atoms with Crippen LogP contribution in [0.1, 0.15) is 12.0 Å². The number of rotatable bonds is 6. The van der Waals surface area contributed by atoms with Gasteiger partial charge in [-0.2, -0.15) is 0 Å². The van der Waals surface area contributed by atoms with Gasteiger partial charge in [0, 0.05) is 37.5 Å². The number of piperazine rings is 1. The molecule has 1 aliphatic heterocycles. The number of benzene rings is 1. The first-order valence-electron chi connectivity index (χ1n) is 8.24. The number of hydrogen-bond acceptors (Lipinski definition) is 5. The number of thioether (sulfide) groups is 1. The second-order valence-electron chi connectivity index (χ2n) is 6.18. The van der Waals surface area contributed by atoms with E-state index >= 15 is 0 Å². The fraction of sp³-hybridized carbons (Fsp3) is 0.529. The Morgan fingerprint density at radius 1 is 1.13 bits per heavy atom. The molecule has 1 N–H and O–H groups in total. The van der Waals surface area contributed by atoms with Crippen LogP contribution in [-0.4, -0.2) is 70.5 Å². The van der Waals surface area contributed by atoms with Crippen LogP contribution in [-0.2, 0) is 0 Å². The summed E-state index contributed by atoms with van der Waals surface area (Å²) in [7, 11) is 2.20. The lowest BCUT2D eigenvalue weighted by atomic mass is 10.1. The van der Waals surface area contributed by atoms with E-state index in [1.807, 2.05) is 0 Å². The van der Waals surface area contributed by atoms with E-state index in [0.717, 1.165) is 22.3 Å². The van der Waals surface area contributed by atoms with Gasteiger partial charge in [0.15, 0.2) is 5.82 Å². The lowest BCUT2D eigenvalue weighted by Crippen LogP contribution is -2.44. The minimum absolute atomic E-state index is 0.846. The Balaban J connectivity index is 1.42. The quantitative estimate of drug-likeness (QED) is 0.651. The van der Waals surface area contributed by atoms with Crippen molar-refractivity contribution >= 4 is 11.8 Å². The molecule has 0 radical (unpaired) electrons. The van der Waals surface area contributed by atoms with Crippen molar-refractivity contribution in [1.29, 1.82) is 0 Å². The molecule has 6 heteroatoms. The van der Waals surface area contributed by atoms with Gasteiger partial charge < -0.3 is 9.80 Å². The van der Waals surface area contributed by atoms with Gasteiger partial charge in [-0.05, 0) is 26.9 Å². The summed E-state index contributed by atoms with van der Waals surface area (Å²) in [5.74, 6) is 1.92. The molecule has 124 valence electrons. The average molecular weight is 331 g/mol. The van der Waals surface area contributed by atoms with Crippen molar-refractivity contribution in [3.63, 3.8) is 0 Å². The van der Waals surface area contributed by atoms with Gasteiger partial charge in [-0.1, -0.05) is 41.6 Å². The second-order valence-corrected chi connectivity index (χ2v) is 7.24. The molecule has 0 spiro atoms. The van der Waals surface area contributed by atoms with Gasteiger partial charge in [-0.15, -0.1) is 5.10 Å². The minimum Gasteiger partial charge on any atom is -0.304 e. The molecule has 23 heavy (non-hydrogen) atoms. The van der Waals surface area contributed by atoms with Crippen LogP contribution >= 0.6 is 11.8 Å². The Morgan fingerprint density at radius 2 is 1.87 bits per heavy atom. The zero-order valence-corrected chi connectivity index (χ0v) is 14.8. The Labute approximate surface area is 142 Å². The highest BCUT2D eigenvalue weighted by Crippen LogP contribution is 2.20. The molecule has 0 amide bonds. The third kappa shape index (κ3) is 4.80. The van der Waals surface area contributed by atoms with Crippen LogP contribution in [0.3, 0.4) is 0 Å². The molecule has 1 aliphatic rings. The van der Waals surface area contributed by atoms with Crippen molar-refractivity contribution in [2.24, 2.45) is 0 Å². The predicted molar refractivity (Wildman–Crippen MR) is 95.8 cm³/mol. The molecule has 0 unspecified atom stereocenters. The maximum absolute atomic E-state index is 4.58. The van der Waals surface area contributed by atoms with E-state index in [1.165, 1.54) is 44.7 Å². The van der Waals surface area contributed by atoms with E-state index in [-0.39, 0.29) is 0 Å². The summed E-state index contributed by atoms with van der Waals surface area (Å²) in [6.45, 7) is 8.03. The van der Waals surface area contributed by atoms with Crippen molar-refractivity contribution < 1.29 is 0 Å². The van der Waals surface area contributed by atoms with Crippen LogP contribution in [0.15, 0.2) is 29.4 Å². The maximum Gasteiger partial charge on any atom is 0.208 e. The van der Waals surface area contributed by atoms with Crippen LogP contribution in [0.25, 0.3) is 11.4 Å². The largest absolute Gasteiger partial charge is 0.304 e. The van der Waals surface area contributed by atoms with Gasteiger partial charge in [-0.25, -0.2) is 4.98 Å². The molecule has 5 nitrogen and oxygen atoms in total. The first-order chi connectivity index (χ1) is 11.2. The standard InChI is InChI=1S/C17H25N5S/c1-14-4-6-15(7-5-14)16-18-17(20-19-16)23-13-3-8-22-11-9-21(2)10-12-22/h4-7H,3,8-13H2,1-2H3,(H,18,19,20). The number of nitrogens with zero attached hydrogens (tertiary/aromatic N) is 4. The third-order valence-electron chi connectivity index (χ3n) is 4.24. The van der Waals surface area contributed by atoms with Crippen molar-refractivity contribution in [3.05, 3.63) is 29.8 Å². The smallest absolute Gasteiger partial charge is 0.208 e. The first kappa shape index (κ1) is 16.5. The summed E-state index contributed by atoms with van der Waals surface area (Å²) < 4.78 is 0. The summed E-state index contributed by atoms with van der Waals surface area (Å²) >= 11 is 1.74. The molecule has 1 saturated heterocycles. The molecule has 2 aromatic rings. The Hall–Kier alpha value is -1.37. The van der Waals surface area contributed by atoms with E-state index in [4.69, 9.17) is 0 Å². The summed E-state index contributed by atoms with van der Waals surface area (Å²) in [4.78, 5) is 9.53. The molecule has 0 saturated carbocycles. The van der Waals surface area contributed by atoms with Crippen molar-refractivity contribution in [2.75, 3.05) is 45.5 Å². The van der Waals surface area contributed by atoms with Gasteiger partial charge in [0.1, 0.15) is 0 Å². The molecule has 0 aliphatic carbocycles. The van der Waals surface area contributed by atoms with Gasteiger partial charge in [0.2, 0.25) is 5.16 Å². The van der Waals surface area contributed by atoms with Crippen LogP contribution in [0.5, 0.6) is 0 Å². The Morgan fingerprint density at radius 3 is 2.61 bits per heavy atom. The van der Waals surface area contributed by atoms with E-state index < -0.39 is 0 Å². The number of aromatic amines is 1. The number of nitrogens with one attached hydrogen (secondary N) is 1. The number of aryl methyl sites for hydroxylation is 1. The Bertz CT molecular complexity index is 602. The van der Waals surface area contributed by atoms with Crippen LogP contribution in [0.4, 0.5) is 0 Å². The van der Waals surface area contributed by atoms with Crippen LogP contribution in [0.2, 0.25) is 0 Å². The molecule has 1 fully saturated rings. The topological polar surface area (TPSA) is 48.1 Å². The molecule has 0 atom stereocenters. The fourth-order valence-corrected chi connectivity index (χ4v) is 3.40. The summed E-state index contributed by atoms with van der Waals surface area (Å²) in [5, 5.41) is 8.20. The minimum atomic E-state index is 0.846. The molecule has 1 aromatic heterocycles. The number of aromatic nitrogens is 3. The van der Waals surface area contributed by atoms with Gasteiger partial charge in [0.25, 0.3) is 0 Å². The number of likely N-dealkylation sites (N-methyl/N-ethyl adjacent to an activating group) is 1. The molecular formula is C17H25N5S. The van der Waals surface area contributed by atoms with Crippen molar-refractivity contribution in [2.45, 2.75) is 18.5 Å². The monoisotopic (exact) mass is 331 g/mol. The molecular weight excluding hydrogens is 306 g/mol. The summed E-state index contributed by atoms with van der Waals surface area (Å²) in [6.07, 6.45) is 1.18. The lowest BCUT2D eigenvalue weighted by molar-refractivity contribution is 0.154. The third-order valence-corrected chi connectivity index (χ3v) is 5.17. The fourth-order valence-electron chi connectivity index (χ4n) is 2.67. The zero-order valence-electron chi connectivity index (χ0n) is 14.0. The van der Waals surface area contributed by atoms with E-state index in [1.54, 1.807) is 11.8 Å². The normalized spacial score (nSPS) is 16.8. The molecule has 2 heterocycles. The van der Waals surface area contributed by atoms with Crippen LogP contribution < -0.4 is 0 Å². The Kier molecular flexibility index (Phi) is 5.70. The van der Waals surface area contributed by atoms with Crippen molar-refractivity contribution in [1.82, 2.24) is 25.0 Å². The SMILES string of the molecule is Cc1ccc(-c2nc(SCCCN3CCN(C)CC3)n[nH]2)cc1. The predicted octanol–water partition coefficient (Wildman–Crippen LogP) is 2.51. The highest BCUT2D eigenvalue weighted by atomic mass is 32.2.